The van der Waals surface area contributed by atoms with Crippen molar-refractivity contribution in [3.05, 3.63) is 46.5 Å². The molecule has 0 fully saturated rings. The number of benzene rings is 1. The predicted octanol–water partition coefficient (Wildman–Crippen LogP) is 4.03. The molecule has 0 N–H and O–H groups in total. The van der Waals surface area contributed by atoms with E-state index in [9.17, 15) is 0 Å². The highest BCUT2D eigenvalue weighted by molar-refractivity contribution is 9.11. The van der Waals surface area contributed by atoms with Crippen LogP contribution in [0.1, 0.15) is 25.8 Å². The third-order valence-corrected chi connectivity index (χ3v) is 3.82. The van der Waals surface area contributed by atoms with Gasteiger partial charge >= 0.3 is 0 Å². The molecule has 0 heterocycles. The van der Waals surface area contributed by atoms with E-state index in [1.54, 1.807) is 0 Å². The van der Waals surface area contributed by atoms with Crippen LogP contribution in [0.3, 0.4) is 0 Å². The molecule has 0 spiro atoms. The Morgan fingerprint density at radius 3 is 2.69 bits per heavy atom. The fraction of sp³-hybridized carbons (Fsp3) is 0.429. The summed E-state index contributed by atoms with van der Waals surface area (Å²) in [5, 5.41) is 0. The summed E-state index contributed by atoms with van der Waals surface area (Å²) in [6, 6.07) is 10.6. The first-order valence-electron chi connectivity index (χ1n) is 5.71. The summed E-state index contributed by atoms with van der Waals surface area (Å²) >= 11 is 3.60. The standard InChI is InChI=1S/C14H17BrO/c1-3-16-13-9-12(15)10-14(13,2)11-7-5-4-6-8-11/h4-8,10,13H,3,9H2,1-2H3/t13-,14+/m0/s1. The Bertz CT molecular complexity index is 385. The largest absolute Gasteiger partial charge is 0.377 e. The molecule has 1 aromatic rings. The second-order valence-corrected chi connectivity index (χ2v) is 5.41. The Labute approximate surface area is 106 Å². The van der Waals surface area contributed by atoms with Gasteiger partial charge < -0.3 is 4.74 Å². The van der Waals surface area contributed by atoms with Crippen molar-refractivity contribution in [3.8, 4) is 0 Å². The lowest BCUT2D eigenvalue weighted by Crippen LogP contribution is -2.33. The Hall–Kier alpha value is -0.600. The maximum atomic E-state index is 5.86. The summed E-state index contributed by atoms with van der Waals surface area (Å²) in [6.45, 7) is 5.07. The van der Waals surface area contributed by atoms with Crippen LogP contribution in [0.25, 0.3) is 0 Å². The Morgan fingerprint density at radius 1 is 1.38 bits per heavy atom. The van der Waals surface area contributed by atoms with Crippen molar-refractivity contribution in [2.75, 3.05) is 6.61 Å². The lowest BCUT2D eigenvalue weighted by Gasteiger charge is -2.30. The number of rotatable bonds is 3. The van der Waals surface area contributed by atoms with Gasteiger partial charge in [0, 0.05) is 18.4 Å². The van der Waals surface area contributed by atoms with Crippen molar-refractivity contribution >= 4 is 15.9 Å². The van der Waals surface area contributed by atoms with E-state index in [2.05, 4.69) is 66.2 Å². The zero-order chi connectivity index (χ0) is 11.6. The van der Waals surface area contributed by atoms with E-state index in [1.807, 2.05) is 0 Å². The number of hydrogen-bond acceptors (Lipinski definition) is 1. The average Bonchev–Trinajstić information content (AvgIpc) is 2.57. The molecule has 1 aliphatic carbocycles. The predicted molar refractivity (Wildman–Crippen MR) is 70.8 cm³/mol. The van der Waals surface area contributed by atoms with E-state index in [-0.39, 0.29) is 11.5 Å². The molecule has 0 saturated heterocycles. The van der Waals surface area contributed by atoms with E-state index < -0.39 is 0 Å². The first-order valence-corrected chi connectivity index (χ1v) is 6.50. The minimum absolute atomic E-state index is 0.00387. The highest BCUT2D eigenvalue weighted by atomic mass is 79.9. The fourth-order valence-electron chi connectivity index (χ4n) is 2.37. The zero-order valence-electron chi connectivity index (χ0n) is 9.74. The molecule has 1 aliphatic rings. The molecular formula is C14H17BrO. The molecule has 0 radical (unpaired) electrons. The van der Waals surface area contributed by atoms with Crippen LogP contribution in [0.5, 0.6) is 0 Å². The van der Waals surface area contributed by atoms with Crippen molar-refractivity contribution < 1.29 is 4.74 Å². The molecule has 16 heavy (non-hydrogen) atoms. The van der Waals surface area contributed by atoms with E-state index in [4.69, 9.17) is 4.74 Å². The van der Waals surface area contributed by atoms with Crippen LogP contribution >= 0.6 is 15.9 Å². The molecule has 0 aromatic heterocycles. The van der Waals surface area contributed by atoms with Gasteiger partial charge in [-0.05, 0) is 23.9 Å². The SMILES string of the molecule is CCO[C@H]1CC(Br)=C[C@]1(C)c1ccccc1. The van der Waals surface area contributed by atoms with E-state index in [0.29, 0.717) is 0 Å². The van der Waals surface area contributed by atoms with Crippen LogP contribution in [0, 0.1) is 0 Å². The molecular weight excluding hydrogens is 264 g/mol. The van der Waals surface area contributed by atoms with Gasteiger partial charge in [-0.25, -0.2) is 0 Å². The summed E-state index contributed by atoms with van der Waals surface area (Å²) in [5.74, 6) is 0. The second-order valence-electron chi connectivity index (χ2n) is 4.39. The lowest BCUT2D eigenvalue weighted by atomic mass is 9.80. The molecule has 2 rings (SSSR count). The zero-order valence-corrected chi connectivity index (χ0v) is 11.3. The fourth-order valence-corrected chi connectivity index (χ4v) is 3.14. The maximum Gasteiger partial charge on any atom is 0.0749 e. The topological polar surface area (TPSA) is 9.23 Å². The second kappa shape index (κ2) is 4.72. The van der Waals surface area contributed by atoms with Gasteiger partial charge in [-0.3, -0.25) is 0 Å². The van der Waals surface area contributed by atoms with Crippen LogP contribution in [0.2, 0.25) is 0 Å². The minimum Gasteiger partial charge on any atom is -0.377 e. The van der Waals surface area contributed by atoms with E-state index in [1.165, 1.54) is 10.0 Å². The molecule has 0 aliphatic heterocycles. The molecule has 86 valence electrons. The molecule has 1 nitrogen and oxygen atoms in total. The Balaban J connectivity index is 2.34. The van der Waals surface area contributed by atoms with Crippen molar-refractivity contribution in [3.63, 3.8) is 0 Å². The molecule has 0 saturated carbocycles. The highest BCUT2D eigenvalue weighted by Gasteiger charge is 2.39. The molecule has 0 unspecified atom stereocenters. The van der Waals surface area contributed by atoms with Crippen molar-refractivity contribution in [1.29, 1.82) is 0 Å². The van der Waals surface area contributed by atoms with Crippen molar-refractivity contribution in [2.45, 2.75) is 31.8 Å². The Morgan fingerprint density at radius 2 is 2.06 bits per heavy atom. The molecule has 0 bridgehead atoms. The smallest absolute Gasteiger partial charge is 0.0749 e. The van der Waals surface area contributed by atoms with Gasteiger partial charge in [0.1, 0.15) is 0 Å². The maximum absolute atomic E-state index is 5.86. The van der Waals surface area contributed by atoms with Gasteiger partial charge in [-0.15, -0.1) is 0 Å². The first-order chi connectivity index (χ1) is 7.66. The molecule has 0 amide bonds. The summed E-state index contributed by atoms with van der Waals surface area (Å²) in [4.78, 5) is 0. The van der Waals surface area contributed by atoms with Gasteiger partial charge in [0.15, 0.2) is 0 Å². The van der Waals surface area contributed by atoms with Gasteiger partial charge in [0.05, 0.1) is 6.10 Å². The summed E-state index contributed by atoms with van der Waals surface area (Å²) < 4.78 is 7.11. The van der Waals surface area contributed by atoms with Crippen molar-refractivity contribution in [2.24, 2.45) is 0 Å². The van der Waals surface area contributed by atoms with Crippen LogP contribution in [0.15, 0.2) is 40.9 Å². The first kappa shape index (κ1) is 11.9. The minimum atomic E-state index is -0.00387. The molecule has 2 atom stereocenters. The average molecular weight is 281 g/mol. The Kier molecular flexibility index (Phi) is 3.50. The van der Waals surface area contributed by atoms with Crippen LogP contribution in [-0.2, 0) is 10.2 Å². The molecule has 1 aromatic carbocycles. The summed E-state index contributed by atoms with van der Waals surface area (Å²) in [7, 11) is 0. The van der Waals surface area contributed by atoms with E-state index >= 15 is 0 Å². The highest BCUT2D eigenvalue weighted by Crippen LogP contribution is 2.42. The normalized spacial score (nSPS) is 29.2. The number of hydrogen-bond donors (Lipinski definition) is 0. The quantitative estimate of drug-likeness (QED) is 0.812. The van der Waals surface area contributed by atoms with Gasteiger partial charge in [-0.1, -0.05) is 52.3 Å². The number of ether oxygens (including phenoxy) is 1. The third-order valence-electron chi connectivity index (χ3n) is 3.27. The molecule has 2 heteroatoms. The van der Waals surface area contributed by atoms with Crippen LogP contribution < -0.4 is 0 Å². The van der Waals surface area contributed by atoms with Crippen LogP contribution in [-0.4, -0.2) is 12.7 Å². The lowest BCUT2D eigenvalue weighted by molar-refractivity contribution is 0.0333. The number of halogens is 1. The summed E-state index contributed by atoms with van der Waals surface area (Å²) in [6.07, 6.45) is 3.50. The van der Waals surface area contributed by atoms with Gasteiger partial charge in [0.2, 0.25) is 0 Å². The third kappa shape index (κ3) is 2.09. The van der Waals surface area contributed by atoms with Crippen LogP contribution in [0.4, 0.5) is 0 Å². The van der Waals surface area contributed by atoms with Gasteiger partial charge in [0.25, 0.3) is 0 Å². The monoisotopic (exact) mass is 280 g/mol. The summed E-state index contributed by atoms with van der Waals surface area (Å²) in [5.41, 5.74) is 1.32. The van der Waals surface area contributed by atoms with Crippen molar-refractivity contribution in [1.82, 2.24) is 0 Å². The van der Waals surface area contributed by atoms with Gasteiger partial charge in [-0.2, -0.15) is 0 Å². The van der Waals surface area contributed by atoms with E-state index in [0.717, 1.165) is 13.0 Å².